The van der Waals surface area contributed by atoms with Crippen molar-refractivity contribution < 1.29 is 22.0 Å². The predicted molar refractivity (Wildman–Crippen MR) is 124 cm³/mol. The van der Waals surface area contributed by atoms with Crippen LogP contribution < -0.4 is 16.4 Å². The first kappa shape index (κ1) is 25.0. The van der Waals surface area contributed by atoms with Gasteiger partial charge in [0.05, 0.1) is 29.5 Å². The molecule has 36 heavy (non-hydrogen) atoms. The number of H-pyrrole nitrogens is 1. The Morgan fingerprint density at radius 3 is 2.64 bits per heavy atom. The maximum Gasteiger partial charge on any atom is 0.423 e. The Balaban J connectivity index is 1.51. The summed E-state index contributed by atoms with van der Waals surface area (Å²) in [5, 5.41) is 8.05. The van der Waals surface area contributed by atoms with Crippen molar-refractivity contribution in [2.75, 3.05) is 5.32 Å². The van der Waals surface area contributed by atoms with Gasteiger partial charge in [0.1, 0.15) is 17.6 Å². The van der Waals surface area contributed by atoms with Crippen molar-refractivity contribution in [2.45, 2.75) is 38.3 Å². The van der Waals surface area contributed by atoms with Crippen molar-refractivity contribution in [1.82, 2.24) is 19.7 Å². The zero-order valence-electron chi connectivity index (χ0n) is 18.8. The summed E-state index contributed by atoms with van der Waals surface area (Å²) >= 11 is 0. The Morgan fingerprint density at radius 2 is 1.94 bits per heavy atom. The number of pyridine rings is 2. The van der Waals surface area contributed by atoms with Crippen molar-refractivity contribution in [3.63, 3.8) is 0 Å². The highest BCUT2D eigenvalue weighted by molar-refractivity contribution is 5.86. The second kappa shape index (κ2) is 9.88. The van der Waals surface area contributed by atoms with E-state index in [0.29, 0.717) is 11.1 Å². The molecule has 0 saturated heterocycles. The first-order valence-electron chi connectivity index (χ1n) is 10.8. The van der Waals surface area contributed by atoms with Crippen molar-refractivity contribution >= 4 is 16.5 Å². The number of rotatable bonds is 7. The molecule has 7 nitrogen and oxygen atoms in total. The third kappa shape index (κ3) is 5.26. The number of aromatic amines is 1. The minimum Gasteiger partial charge on any atom is -0.381 e. The molecule has 3 heterocycles. The van der Waals surface area contributed by atoms with Gasteiger partial charge >= 0.3 is 6.18 Å². The normalized spacial score (nSPS) is 13.5. The lowest BCUT2D eigenvalue weighted by atomic mass is 10.0. The SMILES string of the molecule is C[C@@H](C[C@H](F)Cn1ccc2cc(-c3ccccn3)c(F)cc2c1=O)Nc1cn[nH]c(=O)c1C(F)(F)F. The molecule has 1 aromatic carbocycles. The first-order chi connectivity index (χ1) is 17.0. The van der Waals surface area contributed by atoms with Crippen LogP contribution in [0.4, 0.5) is 27.6 Å². The maximum absolute atomic E-state index is 14.8. The van der Waals surface area contributed by atoms with Crippen molar-refractivity contribution in [1.29, 1.82) is 0 Å². The summed E-state index contributed by atoms with van der Waals surface area (Å²) in [4.78, 5) is 28.6. The number of anilines is 1. The molecule has 0 aliphatic heterocycles. The molecule has 4 aromatic rings. The van der Waals surface area contributed by atoms with Crippen molar-refractivity contribution in [3.8, 4) is 11.3 Å². The molecule has 0 aliphatic carbocycles. The molecule has 0 spiro atoms. The van der Waals surface area contributed by atoms with Crippen LogP contribution in [0.2, 0.25) is 0 Å². The van der Waals surface area contributed by atoms with Crippen LogP contribution >= 0.6 is 0 Å². The van der Waals surface area contributed by atoms with Gasteiger partial charge in [-0.05, 0) is 42.6 Å². The maximum atomic E-state index is 14.8. The van der Waals surface area contributed by atoms with E-state index >= 15 is 0 Å². The third-order valence-electron chi connectivity index (χ3n) is 5.55. The summed E-state index contributed by atoms with van der Waals surface area (Å²) in [6.45, 7) is 1.04. The topological polar surface area (TPSA) is 92.7 Å². The zero-order valence-corrected chi connectivity index (χ0v) is 18.8. The number of nitrogens with one attached hydrogen (secondary N) is 2. The fraction of sp³-hybridized carbons (Fsp3) is 0.250. The molecule has 2 N–H and O–H groups in total. The highest BCUT2D eigenvalue weighted by atomic mass is 19.4. The Bertz CT molecular complexity index is 1500. The van der Waals surface area contributed by atoms with E-state index in [-0.39, 0.29) is 17.4 Å². The molecule has 3 aromatic heterocycles. The lowest BCUT2D eigenvalue weighted by molar-refractivity contribution is -0.138. The number of aromatic nitrogens is 4. The van der Waals surface area contributed by atoms with Gasteiger partial charge < -0.3 is 9.88 Å². The molecule has 2 atom stereocenters. The van der Waals surface area contributed by atoms with Crippen molar-refractivity contribution in [2.24, 2.45) is 0 Å². The molecule has 0 amide bonds. The number of halogens is 5. The minimum atomic E-state index is -4.93. The van der Waals surface area contributed by atoms with Gasteiger partial charge in [0, 0.05) is 30.4 Å². The van der Waals surface area contributed by atoms with E-state index < -0.39 is 53.1 Å². The summed E-state index contributed by atoms with van der Waals surface area (Å²) in [6.07, 6.45) is -3.15. The summed E-state index contributed by atoms with van der Waals surface area (Å²) in [6, 6.07) is 8.31. The number of hydrogen-bond donors (Lipinski definition) is 2. The second-order valence-electron chi connectivity index (χ2n) is 8.27. The van der Waals surface area contributed by atoms with Crippen LogP contribution in [0.1, 0.15) is 18.9 Å². The lowest BCUT2D eigenvalue weighted by Crippen LogP contribution is -2.30. The van der Waals surface area contributed by atoms with Gasteiger partial charge in [-0.25, -0.2) is 13.9 Å². The van der Waals surface area contributed by atoms with Crippen LogP contribution in [0.5, 0.6) is 0 Å². The highest BCUT2D eigenvalue weighted by Gasteiger charge is 2.37. The number of benzene rings is 1. The van der Waals surface area contributed by atoms with E-state index in [0.717, 1.165) is 16.8 Å². The molecular formula is C24H20F5N5O2. The number of fused-ring (bicyclic) bond motifs is 1. The Kier molecular flexibility index (Phi) is 6.86. The van der Waals surface area contributed by atoms with E-state index in [9.17, 15) is 31.5 Å². The minimum absolute atomic E-state index is 0.0532. The van der Waals surface area contributed by atoms with E-state index in [4.69, 9.17) is 0 Å². The Morgan fingerprint density at radius 1 is 1.17 bits per heavy atom. The van der Waals surface area contributed by atoms with Crippen molar-refractivity contribution in [3.05, 3.63) is 87.1 Å². The molecule has 0 aliphatic rings. The van der Waals surface area contributed by atoms with E-state index in [1.54, 1.807) is 29.4 Å². The van der Waals surface area contributed by atoms with E-state index in [1.807, 2.05) is 0 Å². The van der Waals surface area contributed by atoms with Gasteiger partial charge in [-0.15, -0.1) is 0 Å². The summed E-state index contributed by atoms with van der Waals surface area (Å²) in [5.74, 6) is -0.655. The van der Waals surface area contributed by atoms with E-state index in [1.165, 1.54) is 25.4 Å². The largest absolute Gasteiger partial charge is 0.423 e. The number of alkyl halides is 4. The smallest absolute Gasteiger partial charge is 0.381 e. The fourth-order valence-corrected chi connectivity index (χ4v) is 3.95. The standard InChI is InChI=1S/C24H20F5N5O2/c1-13(32-20-11-31-33-22(35)21(20)24(27,28)29)8-15(25)12-34-7-5-14-9-17(19-4-2-3-6-30-19)18(26)10-16(14)23(34)36/h2-7,9-11,13,15H,8,12H2,1H3,(H2,32,33,35)/t13-,15-/m0/s1. The summed E-state index contributed by atoms with van der Waals surface area (Å²) in [7, 11) is 0. The predicted octanol–water partition coefficient (Wildman–Crippen LogP) is 4.53. The average molecular weight is 505 g/mol. The van der Waals surface area contributed by atoms with Crippen LogP contribution in [0.25, 0.3) is 22.0 Å². The van der Waals surface area contributed by atoms with Gasteiger partial charge in [-0.3, -0.25) is 14.6 Å². The monoisotopic (exact) mass is 505 g/mol. The molecule has 0 saturated carbocycles. The second-order valence-corrected chi connectivity index (χ2v) is 8.27. The van der Waals surface area contributed by atoms with Crippen LogP contribution in [-0.4, -0.2) is 32.0 Å². The molecule has 12 heteroatoms. The van der Waals surface area contributed by atoms with Gasteiger partial charge in [-0.2, -0.15) is 18.3 Å². The number of hydrogen-bond acceptors (Lipinski definition) is 5. The summed E-state index contributed by atoms with van der Waals surface area (Å²) in [5.41, 5.74) is -3.45. The Hall–Kier alpha value is -4.09. The molecule has 0 bridgehead atoms. The summed E-state index contributed by atoms with van der Waals surface area (Å²) < 4.78 is 70.2. The quantitative estimate of drug-likeness (QED) is 0.360. The van der Waals surface area contributed by atoms with Gasteiger partial charge in [0.25, 0.3) is 11.1 Å². The van der Waals surface area contributed by atoms with Crippen LogP contribution in [0, 0.1) is 5.82 Å². The van der Waals surface area contributed by atoms with Gasteiger partial charge in [-0.1, -0.05) is 6.07 Å². The number of nitrogens with zero attached hydrogens (tertiary/aromatic N) is 3. The molecule has 4 rings (SSSR count). The van der Waals surface area contributed by atoms with E-state index in [2.05, 4.69) is 15.4 Å². The first-order valence-corrected chi connectivity index (χ1v) is 10.8. The average Bonchev–Trinajstić information content (AvgIpc) is 2.80. The lowest BCUT2D eigenvalue weighted by Gasteiger charge is -2.20. The van der Waals surface area contributed by atoms with Gasteiger partial charge in [0.15, 0.2) is 0 Å². The van der Waals surface area contributed by atoms with Gasteiger partial charge in [0.2, 0.25) is 0 Å². The van der Waals surface area contributed by atoms with Crippen LogP contribution in [0.15, 0.2) is 64.6 Å². The van der Waals surface area contributed by atoms with Crippen LogP contribution in [-0.2, 0) is 12.7 Å². The third-order valence-corrected chi connectivity index (χ3v) is 5.55. The molecule has 0 unspecified atom stereocenters. The van der Waals surface area contributed by atoms with Crippen LogP contribution in [0.3, 0.4) is 0 Å². The molecule has 188 valence electrons. The highest BCUT2D eigenvalue weighted by Crippen LogP contribution is 2.32. The fourth-order valence-electron chi connectivity index (χ4n) is 3.95. The molecular weight excluding hydrogens is 485 g/mol. The Labute approximate surface area is 200 Å². The molecule has 0 radical (unpaired) electrons. The zero-order chi connectivity index (χ0) is 26.0. The molecule has 0 fully saturated rings.